The number of ether oxygens (including phenoxy) is 2. The van der Waals surface area contributed by atoms with E-state index < -0.39 is 11.4 Å². The second kappa shape index (κ2) is 4.18. The lowest BCUT2D eigenvalue weighted by molar-refractivity contribution is -0.157. The molecule has 0 aromatic rings. The van der Waals surface area contributed by atoms with E-state index in [0.717, 1.165) is 39.1 Å². The Bertz CT molecular complexity index is 345. The van der Waals surface area contributed by atoms with Gasteiger partial charge in [0.2, 0.25) is 0 Å². The van der Waals surface area contributed by atoms with Crippen LogP contribution in [0.2, 0.25) is 0 Å². The molecule has 0 radical (unpaired) electrons. The minimum Gasteiger partial charge on any atom is -0.481 e. The van der Waals surface area contributed by atoms with Crippen LogP contribution < -0.4 is 0 Å². The van der Waals surface area contributed by atoms with Crippen molar-refractivity contribution in [2.45, 2.75) is 25.8 Å². The van der Waals surface area contributed by atoms with Crippen molar-refractivity contribution in [3.63, 3.8) is 0 Å². The monoisotopic (exact) mass is 255 g/mol. The molecule has 102 valence electrons. The van der Waals surface area contributed by atoms with Crippen molar-refractivity contribution in [1.29, 1.82) is 0 Å². The highest BCUT2D eigenvalue weighted by Gasteiger charge is 2.55. The zero-order chi connectivity index (χ0) is 12.8. The Morgan fingerprint density at radius 1 is 1.28 bits per heavy atom. The lowest BCUT2D eigenvalue weighted by atomic mass is 9.70. The van der Waals surface area contributed by atoms with Gasteiger partial charge in [-0.1, -0.05) is 0 Å². The molecule has 3 rings (SSSR count). The molecule has 2 unspecified atom stereocenters. The molecule has 1 spiro atoms. The second-order valence-corrected chi connectivity index (χ2v) is 6.27. The van der Waals surface area contributed by atoms with Crippen molar-refractivity contribution in [3.05, 3.63) is 0 Å². The first-order valence-corrected chi connectivity index (χ1v) is 6.69. The minimum absolute atomic E-state index is 0.0310. The largest absolute Gasteiger partial charge is 0.481 e. The van der Waals surface area contributed by atoms with Crippen LogP contribution in [-0.2, 0) is 14.3 Å². The second-order valence-electron chi connectivity index (χ2n) is 6.27. The van der Waals surface area contributed by atoms with E-state index in [1.54, 1.807) is 0 Å². The molecule has 2 atom stereocenters. The number of likely N-dealkylation sites (tertiary alicyclic amines) is 1. The first-order chi connectivity index (χ1) is 8.56. The Labute approximate surface area is 107 Å². The van der Waals surface area contributed by atoms with Gasteiger partial charge in [0.1, 0.15) is 5.41 Å². The van der Waals surface area contributed by atoms with Crippen LogP contribution in [0.4, 0.5) is 0 Å². The third-order valence-electron chi connectivity index (χ3n) is 4.97. The van der Waals surface area contributed by atoms with Crippen LogP contribution in [-0.4, -0.2) is 61.5 Å². The standard InChI is InChI=1S/C13H21NO4/c1-12(11(15)16)9-18-6-10(12)14-7-13(8-14)2-4-17-5-3-13/h10H,2-9H2,1H3,(H,15,16). The van der Waals surface area contributed by atoms with Crippen LogP contribution in [0, 0.1) is 10.8 Å². The van der Waals surface area contributed by atoms with Crippen LogP contribution in [0.3, 0.4) is 0 Å². The van der Waals surface area contributed by atoms with Crippen molar-refractivity contribution in [1.82, 2.24) is 4.90 Å². The summed E-state index contributed by atoms with van der Waals surface area (Å²) in [4.78, 5) is 13.7. The molecule has 0 saturated carbocycles. The van der Waals surface area contributed by atoms with Gasteiger partial charge in [-0.25, -0.2) is 0 Å². The van der Waals surface area contributed by atoms with Crippen molar-refractivity contribution in [2.24, 2.45) is 10.8 Å². The minimum atomic E-state index is -0.743. The number of aliphatic carboxylic acids is 1. The average Bonchev–Trinajstić information content (AvgIpc) is 2.70. The Balaban J connectivity index is 1.65. The van der Waals surface area contributed by atoms with Crippen molar-refractivity contribution < 1.29 is 19.4 Å². The number of carbonyl (C=O) groups is 1. The summed E-state index contributed by atoms with van der Waals surface area (Å²) in [5.74, 6) is -0.738. The van der Waals surface area contributed by atoms with Crippen LogP contribution in [0.25, 0.3) is 0 Å². The summed E-state index contributed by atoms with van der Waals surface area (Å²) in [5, 5.41) is 9.39. The Morgan fingerprint density at radius 2 is 1.94 bits per heavy atom. The molecule has 3 fully saturated rings. The Kier molecular flexibility index (Phi) is 2.88. The maximum Gasteiger partial charge on any atom is 0.313 e. The van der Waals surface area contributed by atoms with Gasteiger partial charge in [-0.05, 0) is 19.8 Å². The number of hydrogen-bond acceptors (Lipinski definition) is 4. The zero-order valence-corrected chi connectivity index (χ0v) is 10.9. The average molecular weight is 255 g/mol. The van der Waals surface area contributed by atoms with Gasteiger partial charge in [-0.15, -0.1) is 0 Å². The quantitative estimate of drug-likeness (QED) is 0.782. The summed E-state index contributed by atoms with van der Waals surface area (Å²) in [6.45, 7) is 6.41. The fourth-order valence-corrected chi connectivity index (χ4v) is 3.53. The summed E-state index contributed by atoms with van der Waals surface area (Å²) >= 11 is 0. The first-order valence-electron chi connectivity index (χ1n) is 6.69. The van der Waals surface area contributed by atoms with Crippen LogP contribution in [0.5, 0.6) is 0 Å². The molecule has 0 amide bonds. The van der Waals surface area contributed by atoms with Gasteiger partial charge in [0.15, 0.2) is 0 Å². The zero-order valence-electron chi connectivity index (χ0n) is 10.9. The molecule has 3 aliphatic rings. The predicted molar refractivity (Wildman–Crippen MR) is 64.4 cm³/mol. The maximum absolute atomic E-state index is 11.4. The molecule has 5 heteroatoms. The normalized spacial score (nSPS) is 39.7. The van der Waals surface area contributed by atoms with Gasteiger partial charge in [0.25, 0.3) is 0 Å². The molecule has 3 saturated heterocycles. The van der Waals surface area contributed by atoms with E-state index in [2.05, 4.69) is 4.90 Å². The third-order valence-corrected chi connectivity index (χ3v) is 4.97. The van der Waals surface area contributed by atoms with E-state index in [0.29, 0.717) is 18.6 Å². The summed E-state index contributed by atoms with van der Waals surface area (Å²) in [7, 11) is 0. The molecule has 3 heterocycles. The Hall–Kier alpha value is -0.650. The van der Waals surface area contributed by atoms with E-state index in [1.807, 2.05) is 6.92 Å². The van der Waals surface area contributed by atoms with Crippen LogP contribution >= 0.6 is 0 Å². The molecule has 0 aromatic carbocycles. The number of nitrogens with zero attached hydrogens (tertiary/aromatic N) is 1. The lowest BCUT2D eigenvalue weighted by Crippen LogP contribution is -2.65. The summed E-state index contributed by atoms with van der Waals surface area (Å²) in [6, 6.07) is 0.0310. The smallest absolute Gasteiger partial charge is 0.313 e. The molecule has 5 nitrogen and oxygen atoms in total. The summed E-state index contributed by atoms with van der Waals surface area (Å²) in [6.07, 6.45) is 2.22. The molecule has 0 aromatic heterocycles. The van der Waals surface area contributed by atoms with E-state index in [4.69, 9.17) is 9.47 Å². The van der Waals surface area contributed by atoms with Gasteiger partial charge in [-0.2, -0.15) is 0 Å². The van der Waals surface area contributed by atoms with Crippen molar-refractivity contribution >= 4 is 5.97 Å². The summed E-state index contributed by atoms with van der Waals surface area (Å²) in [5.41, 5.74) is -0.354. The first kappa shape index (κ1) is 12.4. The van der Waals surface area contributed by atoms with E-state index in [1.165, 1.54) is 0 Å². The number of carboxylic acid groups (broad SMARTS) is 1. The highest BCUT2D eigenvalue weighted by Crippen LogP contribution is 2.45. The fraction of sp³-hybridized carbons (Fsp3) is 0.923. The third kappa shape index (κ3) is 1.76. The lowest BCUT2D eigenvalue weighted by Gasteiger charge is -2.55. The Morgan fingerprint density at radius 3 is 2.56 bits per heavy atom. The van der Waals surface area contributed by atoms with E-state index in [9.17, 15) is 9.90 Å². The van der Waals surface area contributed by atoms with E-state index in [-0.39, 0.29) is 6.04 Å². The highest BCUT2D eigenvalue weighted by atomic mass is 16.5. The van der Waals surface area contributed by atoms with Gasteiger partial charge in [0, 0.05) is 31.7 Å². The van der Waals surface area contributed by atoms with Crippen LogP contribution in [0.1, 0.15) is 19.8 Å². The number of carboxylic acids is 1. The molecular weight excluding hydrogens is 234 g/mol. The predicted octanol–water partition coefficient (Wildman–Crippen LogP) is 0.589. The van der Waals surface area contributed by atoms with Gasteiger partial charge in [0.05, 0.1) is 19.3 Å². The van der Waals surface area contributed by atoms with Crippen LogP contribution in [0.15, 0.2) is 0 Å². The number of rotatable bonds is 2. The summed E-state index contributed by atoms with van der Waals surface area (Å²) < 4.78 is 10.8. The molecule has 0 bridgehead atoms. The topological polar surface area (TPSA) is 59.0 Å². The molecule has 18 heavy (non-hydrogen) atoms. The van der Waals surface area contributed by atoms with Crippen molar-refractivity contribution in [2.75, 3.05) is 39.5 Å². The SMILES string of the molecule is CC1(C(=O)O)COCC1N1CC2(CCOCC2)C1. The molecular formula is C13H21NO4. The highest BCUT2D eigenvalue weighted by molar-refractivity contribution is 5.75. The molecule has 1 N–H and O–H groups in total. The fourth-order valence-electron chi connectivity index (χ4n) is 3.53. The van der Waals surface area contributed by atoms with Gasteiger partial charge < -0.3 is 14.6 Å². The maximum atomic E-state index is 11.4. The van der Waals surface area contributed by atoms with Gasteiger partial charge in [-0.3, -0.25) is 9.69 Å². The van der Waals surface area contributed by atoms with Gasteiger partial charge >= 0.3 is 5.97 Å². The van der Waals surface area contributed by atoms with E-state index >= 15 is 0 Å². The number of hydrogen-bond donors (Lipinski definition) is 1. The molecule has 0 aliphatic carbocycles. The molecule has 3 aliphatic heterocycles. The van der Waals surface area contributed by atoms with Crippen molar-refractivity contribution in [3.8, 4) is 0 Å².